The average molecular weight is 576 g/mol. The number of aromatic amines is 1. The zero-order chi connectivity index (χ0) is 24.4. The van der Waals surface area contributed by atoms with Crippen LogP contribution < -0.4 is 5.32 Å². The number of H-pyrrole nitrogens is 1. The summed E-state index contributed by atoms with van der Waals surface area (Å²) in [6.45, 7) is 0.983. The number of aromatic hydroxyl groups is 1. The summed E-state index contributed by atoms with van der Waals surface area (Å²) in [5, 5.41) is 27.8. The molecule has 0 bridgehead atoms. The Kier molecular flexibility index (Phi) is 6.87. The van der Waals surface area contributed by atoms with Crippen molar-refractivity contribution in [1.82, 2.24) is 24.9 Å². The van der Waals surface area contributed by atoms with Gasteiger partial charge in [0.25, 0.3) is 0 Å². The molecular weight excluding hydrogens is 552 g/mol. The lowest BCUT2D eigenvalue weighted by Crippen LogP contribution is -2.42. The summed E-state index contributed by atoms with van der Waals surface area (Å²) in [5.74, 6) is 0.525. The summed E-state index contributed by atoms with van der Waals surface area (Å²) in [6, 6.07) is 17.4. The van der Waals surface area contributed by atoms with Gasteiger partial charge in [0.1, 0.15) is 4.88 Å². The molecule has 1 fully saturated rings. The van der Waals surface area contributed by atoms with Crippen LogP contribution >= 0.6 is 27.3 Å². The molecule has 5 rings (SSSR count). The van der Waals surface area contributed by atoms with Crippen LogP contribution in [0.1, 0.15) is 18.4 Å². The van der Waals surface area contributed by atoms with Gasteiger partial charge >= 0.3 is 0 Å². The van der Waals surface area contributed by atoms with E-state index in [2.05, 4.69) is 41.9 Å². The number of tetrazole rings is 1. The number of benzene rings is 2. The van der Waals surface area contributed by atoms with Gasteiger partial charge in [-0.1, -0.05) is 42.5 Å². The van der Waals surface area contributed by atoms with Gasteiger partial charge in [0, 0.05) is 24.8 Å². The minimum Gasteiger partial charge on any atom is -0.505 e. The maximum Gasteiger partial charge on any atom is 0.218 e. The number of anilines is 1. The number of hydrogen-bond acceptors (Lipinski definition) is 8. The SMILES string of the molecule is O=S(=O)(Cc1ccccc1)N1CCC(Nc2cccc(-c3sc(-c4nnn[nH]4)c(O)c3Br)c2)CC1. The summed E-state index contributed by atoms with van der Waals surface area (Å²) in [4.78, 5) is 1.42. The zero-order valence-electron chi connectivity index (χ0n) is 18.6. The first-order chi connectivity index (χ1) is 16.9. The number of thiophene rings is 1. The molecule has 12 heteroatoms. The largest absolute Gasteiger partial charge is 0.505 e. The number of sulfonamides is 1. The Balaban J connectivity index is 1.25. The van der Waals surface area contributed by atoms with E-state index in [1.807, 2.05) is 54.6 Å². The average Bonchev–Trinajstić information content (AvgIpc) is 3.49. The molecular formula is C23H23BrN6O3S2. The number of halogens is 1. The summed E-state index contributed by atoms with van der Waals surface area (Å²) in [5.41, 5.74) is 2.68. The number of nitrogens with one attached hydrogen (secondary N) is 2. The third kappa shape index (κ3) is 5.25. The third-order valence-electron chi connectivity index (χ3n) is 5.92. The van der Waals surface area contributed by atoms with Crippen LogP contribution in [0.2, 0.25) is 0 Å². The number of nitrogens with zero attached hydrogens (tertiary/aromatic N) is 4. The first kappa shape index (κ1) is 23.9. The van der Waals surface area contributed by atoms with E-state index < -0.39 is 10.0 Å². The van der Waals surface area contributed by atoms with Gasteiger partial charge in [-0.15, -0.1) is 16.4 Å². The van der Waals surface area contributed by atoms with Gasteiger partial charge in [-0.2, -0.15) is 0 Å². The Bertz CT molecular complexity index is 1400. The highest BCUT2D eigenvalue weighted by molar-refractivity contribution is 9.10. The molecule has 0 saturated carbocycles. The molecule has 3 N–H and O–H groups in total. The third-order valence-corrected chi connectivity index (χ3v) is 10.0. The highest BCUT2D eigenvalue weighted by atomic mass is 79.9. The normalized spacial score (nSPS) is 15.3. The Labute approximate surface area is 215 Å². The van der Waals surface area contributed by atoms with Crippen molar-refractivity contribution >= 4 is 43.0 Å². The van der Waals surface area contributed by atoms with E-state index in [0.29, 0.717) is 28.3 Å². The van der Waals surface area contributed by atoms with Crippen LogP contribution in [0, 0.1) is 0 Å². The molecule has 182 valence electrons. The second-order valence-corrected chi connectivity index (χ2v) is 12.1. The molecule has 0 unspecified atom stereocenters. The molecule has 1 aliphatic heterocycles. The zero-order valence-corrected chi connectivity index (χ0v) is 21.8. The number of rotatable bonds is 7. The Hall–Kier alpha value is -2.80. The van der Waals surface area contributed by atoms with Crippen LogP contribution in [0.3, 0.4) is 0 Å². The number of piperidine rings is 1. The molecule has 35 heavy (non-hydrogen) atoms. The standard InChI is InChI=1S/C23H23BrN6O3S2/c24-19-20(31)22(23-26-28-29-27-23)34-21(19)16-7-4-8-18(13-16)25-17-9-11-30(12-10-17)35(32,33)14-15-5-2-1-3-6-15/h1-8,13,17,25,31H,9-12,14H2,(H,26,27,28,29). The molecule has 0 atom stereocenters. The van der Waals surface area contributed by atoms with Crippen molar-refractivity contribution in [2.45, 2.75) is 24.6 Å². The van der Waals surface area contributed by atoms with Gasteiger partial charge in [-0.3, -0.25) is 0 Å². The van der Waals surface area contributed by atoms with Gasteiger partial charge < -0.3 is 10.4 Å². The van der Waals surface area contributed by atoms with Crippen molar-refractivity contribution in [2.24, 2.45) is 0 Å². The van der Waals surface area contributed by atoms with Crippen LogP contribution in [0.25, 0.3) is 21.1 Å². The summed E-state index contributed by atoms with van der Waals surface area (Å²) < 4.78 is 27.9. The fourth-order valence-electron chi connectivity index (χ4n) is 4.14. The van der Waals surface area contributed by atoms with E-state index in [1.54, 1.807) is 4.31 Å². The predicted molar refractivity (Wildman–Crippen MR) is 140 cm³/mol. The van der Waals surface area contributed by atoms with E-state index in [9.17, 15) is 13.5 Å². The molecule has 0 aliphatic carbocycles. The first-order valence-electron chi connectivity index (χ1n) is 11.0. The van der Waals surface area contributed by atoms with Gasteiger partial charge in [0.15, 0.2) is 11.6 Å². The summed E-state index contributed by atoms with van der Waals surface area (Å²) in [7, 11) is -3.34. The summed E-state index contributed by atoms with van der Waals surface area (Å²) in [6.07, 6.45) is 1.45. The van der Waals surface area contributed by atoms with Crippen LogP contribution in [0.5, 0.6) is 5.75 Å². The Morgan fingerprint density at radius 2 is 1.89 bits per heavy atom. The Morgan fingerprint density at radius 3 is 2.60 bits per heavy atom. The van der Waals surface area contributed by atoms with Crippen LogP contribution in [-0.4, -0.2) is 57.6 Å². The van der Waals surface area contributed by atoms with Gasteiger partial charge in [0.2, 0.25) is 10.0 Å². The molecule has 9 nitrogen and oxygen atoms in total. The van der Waals surface area contributed by atoms with Crippen molar-refractivity contribution in [3.8, 4) is 26.9 Å². The monoisotopic (exact) mass is 574 g/mol. The molecule has 2 aromatic carbocycles. The van der Waals surface area contributed by atoms with Crippen LogP contribution in [0.4, 0.5) is 5.69 Å². The van der Waals surface area contributed by atoms with Crippen molar-refractivity contribution in [3.63, 3.8) is 0 Å². The van der Waals surface area contributed by atoms with Crippen LogP contribution in [-0.2, 0) is 15.8 Å². The number of aromatic nitrogens is 4. The minimum atomic E-state index is -3.34. The molecule has 0 amide bonds. The highest BCUT2D eigenvalue weighted by Crippen LogP contribution is 2.48. The van der Waals surface area contributed by atoms with E-state index in [4.69, 9.17) is 0 Å². The second-order valence-electron chi connectivity index (χ2n) is 8.31. The lowest BCUT2D eigenvalue weighted by molar-refractivity contribution is 0.329. The fraction of sp³-hybridized carbons (Fsp3) is 0.261. The van der Waals surface area contributed by atoms with E-state index >= 15 is 0 Å². The van der Waals surface area contributed by atoms with E-state index in [-0.39, 0.29) is 17.5 Å². The molecule has 3 heterocycles. The highest BCUT2D eigenvalue weighted by Gasteiger charge is 2.28. The molecule has 2 aromatic heterocycles. The maximum absolute atomic E-state index is 12.8. The molecule has 0 spiro atoms. The summed E-state index contributed by atoms with van der Waals surface area (Å²) >= 11 is 4.87. The van der Waals surface area contributed by atoms with Crippen molar-refractivity contribution in [1.29, 1.82) is 0 Å². The van der Waals surface area contributed by atoms with E-state index in [1.165, 1.54) is 11.3 Å². The van der Waals surface area contributed by atoms with Crippen LogP contribution in [0.15, 0.2) is 59.1 Å². The van der Waals surface area contributed by atoms with E-state index in [0.717, 1.165) is 34.5 Å². The topological polar surface area (TPSA) is 124 Å². The fourth-order valence-corrected chi connectivity index (χ4v) is 7.53. The maximum atomic E-state index is 12.8. The predicted octanol–water partition coefficient (Wildman–Crippen LogP) is 4.47. The Morgan fingerprint density at radius 1 is 1.11 bits per heavy atom. The quantitative estimate of drug-likeness (QED) is 0.297. The van der Waals surface area contributed by atoms with Crippen molar-refractivity contribution in [3.05, 3.63) is 64.6 Å². The van der Waals surface area contributed by atoms with Crippen molar-refractivity contribution < 1.29 is 13.5 Å². The smallest absolute Gasteiger partial charge is 0.218 e. The van der Waals surface area contributed by atoms with Gasteiger partial charge in [0.05, 0.1) is 15.1 Å². The molecule has 1 aliphatic rings. The molecule has 4 aromatic rings. The molecule has 0 radical (unpaired) electrons. The number of hydrogen-bond donors (Lipinski definition) is 3. The van der Waals surface area contributed by atoms with Gasteiger partial charge in [-0.25, -0.2) is 17.8 Å². The van der Waals surface area contributed by atoms with Crippen molar-refractivity contribution in [2.75, 3.05) is 18.4 Å². The lowest BCUT2D eigenvalue weighted by atomic mass is 10.1. The van der Waals surface area contributed by atoms with Gasteiger partial charge in [-0.05, 0) is 62.5 Å². The minimum absolute atomic E-state index is 0.0304. The second kappa shape index (κ2) is 10.1. The molecule has 1 saturated heterocycles. The lowest BCUT2D eigenvalue weighted by Gasteiger charge is -2.32. The first-order valence-corrected chi connectivity index (χ1v) is 14.3.